The number of imidazole rings is 1. The van der Waals surface area contributed by atoms with Crippen LogP contribution in [0.1, 0.15) is 18.4 Å². The fourth-order valence-electron chi connectivity index (χ4n) is 2.82. The van der Waals surface area contributed by atoms with E-state index in [9.17, 15) is 8.42 Å². The average molecular weight is 350 g/mol. The van der Waals surface area contributed by atoms with Crippen LogP contribution >= 0.6 is 0 Å². The van der Waals surface area contributed by atoms with Crippen LogP contribution in [0.2, 0.25) is 0 Å². The Morgan fingerprint density at radius 3 is 2.54 bits per heavy atom. The molecule has 1 aliphatic heterocycles. The number of hydrogen-bond acceptors (Lipinski definition) is 6. The van der Waals surface area contributed by atoms with Crippen molar-refractivity contribution >= 4 is 16.0 Å². The first-order chi connectivity index (χ1) is 11.3. The molecule has 0 bridgehead atoms. The molecule has 0 amide bonds. The van der Waals surface area contributed by atoms with E-state index in [0.717, 1.165) is 29.8 Å². The molecule has 0 spiro atoms. The predicted octanol–water partition coefficient (Wildman–Crippen LogP) is 1.02. The van der Waals surface area contributed by atoms with Crippen LogP contribution in [-0.2, 0) is 17.1 Å². The van der Waals surface area contributed by atoms with Crippen LogP contribution in [0.4, 0.5) is 5.95 Å². The van der Waals surface area contributed by atoms with Gasteiger partial charge in [0.15, 0.2) is 0 Å². The summed E-state index contributed by atoms with van der Waals surface area (Å²) in [6.07, 6.45) is 8.18. The van der Waals surface area contributed by atoms with E-state index in [4.69, 9.17) is 0 Å². The number of nitrogens with one attached hydrogen (secondary N) is 1. The van der Waals surface area contributed by atoms with Gasteiger partial charge in [0.05, 0.1) is 18.3 Å². The van der Waals surface area contributed by atoms with Crippen molar-refractivity contribution in [1.29, 1.82) is 0 Å². The molecular formula is C15H22N6O2S. The standard InChI is InChI=1S/C15H22N6O2S/c1-11-8-16-15(19-14(11)13-9-20(2)10-17-13)18-12-4-6-21(7-5-12)24(3,22)23/h8-10,12H,4-7H2,1-3H3,(H,16,18,19). The Bertz CT molecular complexity index is 824. The van der Waals surface area contributed by atoms with Gasteiger partial charge in [0.25, 0.3) is 0 Å². The van der Waals surface area contributed by atoms with Gasteiger partial charge in [0, 0.05) is 38.6 Å². The summed E-state index contributed by atoms with van der Waals surface area (Å²) in [6, 6.07) is 0.169. The van der Waals surface area contributed by atoms with E-state index in [-0.39, 0.29) is 6.04 Å². The van der Waals surface area contributed by atoms with Crippen molar-refractivity contribution in [2.45, 2.75) is 25.8 Å². The van der Waals surface area contributed by atoms with Crippen LogP contribution in [0.5, 0.6) is 0 Å². The Morgan fingerprint density at radius 2 is 1.96 bits per heavy atom. The number of sulfonamides is 1. The second-order valence-electron chi connectivity index (χ2n) is 6.23. The zero-order valence-electron chi connectivity index (χ0n) is 14.1. The molecule has 24 heavy (non-hydrogen) atoms. The Labute approximate surface area is 142 Å². The van der Waals surface area contributed by atoms with Crippen molar-refractivity contribution in [2.24, 2.45) is 7.05 Å². The molecule has 1 N–H and O–H groups in total. The first-order valence-electron chi connectivity index (χ1n) is 7.86. The molecule has 0 aromatic carbocycles. The number of aromatic nitrogens is 4. The van der Waals surface area contributed by atoms with Gasteiger partial charge >= 0.3 is 0 Å². The number of aryl methyl sites for hydroxylation is 2. The molecule has 1 aliphatic rings. The van der Waals surface area contributed by atoms with E-state index in [1.165, 1.54) is 10.6 Å². The normalized spacial score (nSPS) is 17.1. The monoisotopic (exact) mass is 350 g/mol. The van der Waals surface area contributed by atoms with Gasteiger partial charge in [0.2, 0.25) is 16.0 Å². The zero-order valence-corrected chi connectivity index (χ0v) is 14.9. The fraction of sp³-hybridized carbons (Fsp3) is 0.533. The lowest BCUT2D eigenvalue weighted by molar-refractivity contribution is 0.331. The Kier molecular flexibility index (Phi) is 4.55. The molecule has 0 unspecified atom stereocenters. The summed E-state index contributed by atoms with van der Waals surface area (Å²) in [4.78, 5) is 13.3. The first-order valence-corrected chi connectivity index (χ1v) is 9.71. The molecule has 0 aliphatic carbocycles. The zero-order chi connectivity index (χ0) is 17.3. The van der Waals surface area contributed by atoms with Gasteiger partial charge in [-0.3, -0.25) is 0 Å². The van der Waals surface area contributed by atoms with Gasteiger partial charge < -0.3 is 9.88 Å². The largest absolute Gasteiger partial charge is 0.351 e. The van der Waals surface area contributed by atoms with E-state index in [1.54, 1.807) is 12.5 Å². The van der Waals surface area contributed by atoms with Crippen LogP contribution in [0, 0.1) is 6.92 Å². The van der Waals surface area contributed by atoms with Crippen LogP contribution in [0.15, 0.2) is 18.7 Å². The van der Waals surface area contributed by atoms with Gasteiger partial charge in [-0.05, 0) is 25.3 Å². The van der Waals surface area contributed by atoms with Gasteiger partial charge in [-0.2, -0.15) is 0 Å². The fourth-order valence-corrected chi connectivity index (χ4v) is 3.69. The van der Waals surface area contributed by atoms with Gasteiger partial charge in [0.1, 0.15) is 5.69 Å². The van der Waals surface area contributed by atoms with E-state index in [2.05, 4.69) is 20.3 Å². The molecule has 3 rings (SSSR count). The molecule has 130 valence electrons. The third kappa shape index (κ3) is 3.73. The number of piperidine rings is 1. The Balaban J connectivity index is 1.71. The van der Waals surface area contributed by atoms with Crippen molar-refractivity contribution < 1.29 is 8.42 Å². The van der Waals surface area contributed by atoms with Crippen LogP contribution in [0.3, 0.4) is 0 Å². The molecule has 1 saturated heterocycles. The predicted molar refractivity (Wildman–Crippen MR) is 92.0 cm³/mol. The highest BCUT2D eigenvalue weighted by molar-refractivity contribution is 7.88. The number of nitrogens with zero attached hydrogens (tertiary/aromatic N) is 5. The minimum atomic E-state index is -3.10. The molecule has 2 aromatic rings. The van der Waals surface area contributed by atoms with E-state index >= 15 is 0 Å². The van der Waals surface area contributed by atoms with Crippen molar-refractivity contribution in [2.75, 3.05) is 24.7 Å². The van der Waals surface area contributed by atoms with Crippen molar-refractivity contribution in [1.82, 2.24) is 23.8 Å². The number of hydrogen-bond donors (Lipinski definition) is 1. The lowest BCUT2D eigenvalue weighted by Crippen LogP contribution is -2.42. The molecule has 1 fully saturated rings. The maximum absolute atomic E-state index is 11.6. The minimum absolute atomic E-state index is 0.169. The molecule has 0 atom stereocenters. The van der Waals surface area contributed by atoms with Gasteiger partial charge in [-0.15, -0.1) is 0 Å². The summed E-state index contributed by atoms with van der Waals surface area (Å²) in [5.74, 6) is 0.555. The summed E-state index contributed by atoms with van der Waals surface area (Å²) in [7, 11) is -1.19. The smallest absolute Gasteiger partial charge is 0.223 e. The summed E-state index contributed by atoms with van der Waals surface area (Å²) < 4.78 is 26.5. The number of anilines is 1. The summed E-state index contributed by atoms with van der Waals surface area (Å²) in [5.41, 5.74) is 2.58. The molecule has 2 aromatic heterocycles. The third-order valence-corrected chi connectivity index (χ3v) is 5.48. The second kappa shape index (κ2) is 6.48. The molecule has 3 heterocycles. The minimum Gasteiger partial charge on any atom is -0.351 e. The molecule has 8 nitrogen and oxygen atoms in total. The summed E-state index contributed by atoms with van der Waals surface area (Å²) in [5, 5.41) is 3.32. The second-order valence-corrected chi connectivity index (χ2v) is 8.21. The maximum atomic E-state index is 11.6. The van der Waals surface area contributed by atoms with Gasteiger partial charge in [-0.25, -0.2) is 27.7 Å². The van der Waals surface area contributed by atoms with Crippen LogP contribution < -0.4 is 5.32 Å². The van der Waals surface area contributed by atoms with Crippen molar-refractivity contribution in [3.8, 4) is 11.4 Å². The number of rotatable bonds is 4. The highest BCUT2D eigenvalue weighted by Crippen LogP contribution is 2.21. The van der Waals surface area contributed by atoms with E-state index in [1.807, 2.05) is 24.7 Å². The maximum Gasteiger partial charge on any atom is 0.223 e. The highest BCUT2D eigenvalue weighted by Gasteiger charge is 2.25. The van der Waals surface area contributed by atoms with Crippen molar-refractivity contribution in [3.05, 3.63) is 24.3 Å². The van der Waals surface area contributed by atoms with Gasteiger partial charge in [-0.1, -0.05) is 0 Å². The van der Waals surface area contributed by atoms with Crippen molar-refractivity contribution in [3.63, 3.8) is 0 Å². The van der Waals surface area contributed by atoms with Crippen LogP contribution in [-0.4, -0.2) is 57.6 Å². The lowest BCUT2D eigenvalue weighted by Gasteiger charge is -2.30. The summed E-state index contributed by atoms with van der Waals surface area (Å²) >= 11 is 0. The third-order valence-electron chi connectivity index (χ3n) is 4.18. The van der Waals surface area contributed by atoms with E-state index < -0.39 is 10.0 Å². The quantitative estimate of drug-likeness (QED) is 0.885. The Morgan fingerprint density at radius 1 is 1.25 bits per heavy atom. The van der Waals surface area contributed by atoms with E-state index in [0.29, 0.717) is 19.0 Å². The lowest BCUT2D eigenvalue weighted by atomic mass is 10.1. The molecule has 0 radical (unpaired) electrons. The molecular weight excluding hydrogens is 328 g/mol. The SMILES string of the molecule is Cc1cnc(NC2CCN(S(C)(=O)=O)CC2)nc1-c1cn(C)cn1. The highest BCUT2D eigenvalue weighted by atomic mass is 32.2. The van der Waals surface area contributed by atoms with Crippen LogP contribution in [0.25, 0.3) is 11.4 Å². The topological polar surface area (TPSA) is 93.0 Å². The first kappa shape index (κ1) is 16.8. The molecule has 0 saturated carbocycles. The molecule has 9 heteroatoms. The Hall–Kier alpha value is -2.00. The average Bonchev–Trinajstić information content (AvgIpc) is 2.95. The summed E-state index contributed by atoms with van der Waals surface area (Å²) in [6.45, 7) is 3.00.